The van der Waals surface area contributed by atoms with Crippen LogP contribution in [-0.2, 0) is 16.4 Å². The van der Waals surface area contributed by atoms with Gasteiger partial charge in [-0.05, 0) is 52.2 Å². The molecule has 3 N–H and O–H groups in total. The Kier molecular flexibility index (Phi) is 6.63. The summed E-state index contributed by atoms with van der Waals surface area (Å²) in [7, 11) is -0.710. The molecule has 9 heteroatoms. The third kappa shape index (κ3) is 4.96. The lowest BCUT2D eigenvalue weighted by Crippen LogP contribution is -2.26. The molecule has 0 spiro atoms. The highest BCUT2D eigenvalue weighted by Gasteiger charge is 2.17. The largest absolute Gasteiger partial charge is 0.497 e. The summed E-state index contributed by atoms with van der Waals surface area (Å²) in [6.45, 7) is 0.367. The van der Waals surface area contributed by atoms with Crippen LogP contribution in [0.3, 0.4) is 0 Å². The van der Waals surface area contributed by atoms with Crippen molar-refractivity contribution < 1.29 is 22.7 Å². The number of carbonyl (C=O) groups excluding carboxylic acids is 1. The zero-order valence-corrected chi connectivity index (χ0v) is 16.7. The van der Waals surface area contributed by atoms with E-state index in [1.54, 1.807) is 24.3 Å². The first-order chi connectivity index (χ1) is 12.3. The standard InChI is InChI=1S/C17H19BrN2O5S/c1-24-12-9-14(16(25-2)15(18)10-12)17(21)20-8-7-11-3-5-13(6-4-11)26(19,22)23/h3-6,9-10H,7-8H2,1-2H3,(H,20,21)(H2,19,22,23). The second-order valence-corrected chi connectivity index (χ2v) is 7.80. The van der Waals surface area contributed by atoms with Gasteiger partial charge in [0, 0.05) is 6.54 Å². The van der Waals surface area contributed by atoms with Crippen molar-refractivity contribution in [1.82, 2.24) is 5.32 Å². The van der Waals surface area contributed by atoms with Crippen molar-refractivity contribution in [2.45, 2.75) is 11.3 Å². The summed E-state index contributed by atoms with van der Waals surface area (Å²) in [5.41, 5.74) is 1.22. The number of nitrogens with one attached hydrogen (secondary N) is 1. The maximum atomic E-state index is 12.5. The zero-order valence-electron chi connectivity index (χ0n) is 14.3. The van der Waals surface area contributed by atoms with Gasteiger partial charge in [0.1, 0.15) is 11.5 Å². The topological polar surface area (TPSA) is 108 Å². The van der Waals surface area contributed by atoms with E-state index in [0.717, 1.165) is 5.56 Å². The molecule has 0 fully saturated rings. The molecule has 0 atom stereocenters. The molecule has 2 rings (SSSR count). The van der Waals surface area contributed by atoms with Gasteiger partial charge in [-0.3, -0.25) is 4.79 Å². The van der Waals surface area contributed by atoms with Crippen molar-refractivity contribution in [3.8, 4) is 11.5 Å². The third-order valence-corrected chi connectivity index (χ3v) is 5.17. The quantitative estimate of drug-likeness (QED) is 0.682. The Morgan fingerprint density at radius 3 is 2.35 bits per heavy atom. The van der Waals surface area contributed by atoms with Crippen LogP contribution in [0.2, 0.25) is 0 Å². The van der Waals surface area contributed by atoms with Crippen LogP contribution in [0.1, 0.15) is 15.9 Å². The molecule has 0 aliphatic rings. The SMILES string of the molecule is COc1cc(Br)c(OC)c(C(=O)NCCc2ccc(S(N)(=O)=O)cc2)c1. The molecular formula is C17H19BrN2O5S. The number of carbonyl (C=O) groups is 1. The number of methoxy groups -OCH3 is 2. The monoisotopic (exact) mass is 442 g/mol. The fourth-order valence-corrected chi connectivity index (χ4v) is 3.44. The van der Waals surface area contributed by atoms with E-state index in [-0.39, 0.29) is 10.8 Å². The van der Waals surface area contributed by atoms with Crippen molar-refractivity contribution in [3.63, 3.8) is 0 Å². The molecule has 1 amide bonds. The first-order valence-electron chi connectivity index (χ1n) is 7.57. The fourth-order valence-electron chi connectivity index (χ4n) is 2.32. The Labute approximate surface area is 160 Å². The average molecular weight is 443 g/mol. The lowest BCUT2D eigenvalue weighted by molar-refractivity contribution is 0.0950. The number of halogens is 1. The van der Waals surface area contributed by atoms with Gasteiger partial charge in [-0.25, -0.2) is 13.6 Å². The molecule has 0 radical (unpaired) electrons. The summed E-state index contributed by atoms with van der Waals surface area (Å²) >= 11 is 3.35. The van der Waals surface area contributed by atoms with Gasteiger partial charge in [-0.15, -0.1) is 0 Å². The molecule has 0 unspecified atom stereocenters. The van der Waals surface area contributed by atoms with Gasteiger partial charge in [0.15, 0.2) is 0 Å². The van der Waals surface area contributed by atoms with Crippen LogP contribution in [0.4, 0.5) is 0 Å². The Balaban J connectivity index is 2.04. The van der Waals surface area contributed by atoms with Crippen molar-refractivity contribution in [2.75, 3.05) is 20.8 Å². The second kappa shape index (κ2) is 8.52. The number of nitrogens with two attached hydrogens (primary N) is 1. The molecular weight excluding hydrogens is 424 g/mol. The van der Waals surface area contributed by atoms with Crippen LogP contribution in [0.25, 0.3) is 0 Å². The average Bonchev–Trinajstić information content (AvgIpc) is 2.60. The predicted octanol–water partition coefficient (Wildman–Crippen LogP) is 2.09. The van der Waals surface area contributed by atoms with Gasteiger partial charge in [-0.1, -0.05) is 12.1 Å². The van der Waals surface area contributed by atoms with Gasteiger partial charge in [0.2, 0.25) is 10.0 Å². The van der Waals surface area contributed by atoms with Crippen LogP contribution < -0.4 is 19.9 Å². The number of primary sulfonamides is 1. The summed E-state index contributed by atoms with van der Waals surface area (Å²) in [6.07, 6.45) is 0.532. The normalized spacial score (nSPS) is 11.1. The van der Waals surface area contributed by atoms with Gasteiger partial charge in [0.05, 0.1) is 29.2 Å². The van der Waals surface area contributed by atoms with Gasteiger partial charge in [0.25, 0.3) is 5.91 Å². The number of ether oxygens (including phenoxy) is 2. The molecule has 0 aliphatic heterocycles. The molecule has 2 aromatic rings. The number of hydrogen-bond acceptors (Lipinski definition) is 5. The zero-order chi connectivity index (χ0) is 19.3. The number of benzene rings is 2. The molecule has 0 bridgehead atoms. The van der Waals surface area contributed by atoms with E-state index in [1.807, 2.05) is 0 Å². The lowest BCUT2D eigenvalue weighted by atomic mass is 10.1. The Bertz CT molecular complexity index is 898. The lowest BCUT2D eigenvalue weighted by Gasteiger charge is -2.13. The third-order valence-electron chi connectivity index (χ3n) is 3.65. The Hall–Kier alpha value is -2.10. The van der Waals surface area contributed by atoms with Crippen LogP contribution in [-0.4, -0.2) is 35.1 Å². The molecule has 26 heavy (non-hydrogen) atoms. The molecule has 140 valence electrons. The maximum absolute atomic E-state index is 12.5. The summed E-state index contributed by atoms with van der Waals surface area (Å²) < 4.78 is 33.5. The Morgan fingerprint density at radius 2 is 1.81 bits per heavy atom. The van der Waals surface area contributed by atoms with Crippen LogP contribution in [0.5, 0.6) is 11.5 Å². The van der Waals surface area contributed by atoms with Gasteiger partial charge in [-0.2, -0.15) is 0 Å². The summed E-state index contributed by atoms with van der Waals surface area (Å²) in [5.74, 6) is 0.643. The molecule has 2 aromatic carbocycles. The molecule has 0 saturated carbocycles. The van der Waals surface area contributed by atoms with E-state index in [1.165, 1.54) is 26.4 Å². The highest BCUT2D eigenvalue weighted by Crippen LogP contribution is 2.33. The van der Waals surface area contributed by atoms with E-state index in [2.05, 4.69) is 21.2 Å². The number of amides is 1. The minimum Gasteiger partial charge on any atom is -0.497 e. The van der Waals surface area contributed by atoms with E-state index < -0.39 is 10.0 Å². The van der Waals surface area contributed by atoms with Crippen LogP contribution >= 0.6 is 15.9 Å². The van der Waals surface area contributed by atoms with Crippen molar-refractivity contribution in [3.05, 3.63) is 52.0 Å². The second-order valence-electron chi connectivity index (χ2n) is 5.38. The fraction of sp³-hybridized carbons (Fsp3) is 0.235. The minimum atomic E-state index is -3.71. The summed E-state index contributed by atoms with van der Waals surface area (Å²) in [6, 6.07) is 9.51. The number of rotatable bonds is 7. The van der Waals surface area contributed by atoms with Crippen LogP contribution in [0, 0.1) is 0 Å². The summed E-state index contributed by atoms with van der Waals surface area (Å²) in [5, 5.41) is 7.87. The first kappa shape index (κ1) is 20.2. The molecule has 7 nitrogen and oxygen atoms in total. The van der Waals surface area contributed by atoms with Gasteiger partial charge >= 0.3 is 0 Å². The summed E-state index contributed by atoms with van der Waals surface area (Å²) in [4.78, 5) is 12.5. The highest BCUT2D eigenvalue weighted by atomic mass is 79.9. The van der Waals surface area contributed by atoms with E-state index in [0.29, 0.717) is 34.5 Å². The first-order valence-corrected chi connectivity index (χ1v) is 9.91. The van der Waals surface area contributed by atoms with E-state index in [4.69, 9.17) is 14.6 Å². The van der Waals surface area contributed by atoms with Crippen molar-refractivity contribution >= 4 is 31.9 Å². The van der Waals surface area contributed by atoms with Crippen molar-refractivity contribution in [2.24, 2.45) is 5.14 Å². The molecule has 0 heterocycles. The molecule has 0 aliphatic carbocycles. The van der Waals surface area contributed by atoms with Gasteiger partial charge < -0.3 is 14.8 Å². The van der Waals surface area contributed by atoms with E-state index >= 15 is 0 Å². The maximum Gasteiger partial charge on any atom is 0.255 e. The predicted molar refractivity (Wildman–Crippen MR) is 101 cm³/mol. The highest BCUT2D eigenvalue weighted by molar-refractivity contribution is 9.10. The smallest absolute Gasteiger partial charge is 0.255 e. The molecule has 0 aromatic heterocycles. The molecule has 0 saturated heterocycles. The Morgan fingerprint density at radius 1 is 1.15 bits per heavy atom. The van der Waals surface area contributed by atoms with E-state index in [9.17, 15) is 13.2 Å². The number of hydrogen-bond donors (Lipinski definition) is 2. The van der Waals surface area contributed by atoms with Crippen molar-refractivity contribution in [1.29, 1.82) is 0 Å². The minimum absolute atomic E-state index is 0.0521. The number of sulfonamides is 1. The van der Waals surface area contributed by atoms with Crippen LogP contribution in [0.15, 0.2) is 45.8 Å².